The first-order chi connectivity index (χ1) is 9.47. The van der Waals surface area contributed by atoms with Gasteiger partial charge in [0.25, 0.3) is 0 Å². The zero-order chi connectivity index (χ0) is 14.3. The number of hydrogen-bond donors (Lipinski definition) is 0. The van der Waals surface area contributed by atoms with E-state index >= 15 is 0 Å². The molecule has 20 heavy (non-hydrogen) atoms. The molecule has 0 bridgehead atoms. The Balaban J connectivity index is 2.10. The zero-order valence-corrected chi connectivity index (χ0v) is 10.4. The average molecular weight is 300 g/mol. The molecule has 102 valence electrons. The van der Waals surface area contributed by atoms with Crippen LogP contribution in [0.2, 0.25) is 5.15 Å². The molecule has 0 aliphatic carbocycles. The summed E-state index contributed by atoms with van der Waals surface area (Å²) in [7, 11) is 0. The molecule has 3 aromatic rings. The molecule has 0 atom stereocenters. The quantitative estimate of drug-likeness (QED) is 0.693. The number of halogens is 4. The predicted molar refractivity (Wildman–Crippen MR) is 64.0 cm³/mol. The minimum atomic E-state index is -4.42. The predicted octanol–water partition coefficient (Wildman–Crippen LogP) is 2.86. The number of alkyl halides is 3. The van der Waals surface area contributed by atoms with Crippen molar-refractivity contribution in [2.45, 2.75) is 6.18 Å². The maximum absolute atomic E-state index is 12.5. The molecule has 0 saturated heterocycles. The fraction of sp³-hybridized carbons (Fsp3) is 0.0909. The van der Waals surface area contributed by atoms with Crippen molar-refractivity contribution in [3.63, 3.8) is 0 Å². The van der Waals surface area contributed by atoms with Crippen LogP contribution < -0.4 is 0 Å². The van der Waals surface area contributed by atoms with Crippen LogP contribution in [-0.4, -0.2) is 24.6 Å². The fourth-order valence-corrected chi connectivity index (χ4v) is 1.85. The third kappa shape index (κ3) is 2.07. The van der Waals surface area contributed by atoms with E-state index in [2.05, 4.69) is 20.2 Å². The van der Waals surface area contributed by atoms with Gasteiger partial charge in [-0.15, -0.1) is 10.2 Å². The third-order valence-corrected chi connectivity index (χ3v) is 2.87. The van der Waals surface area contributed by atoms with E-state index in [-0.39, 0.29) is 16.7 Å². The minimum absolute atomic E-state index is 0.151. The van der Waals surface area contributed by atoms with Gasteiger partial charge in [-0.05, 0) is 12.1 Å². The van der Waals surface area contributed by atoms with E-state index in [1.165, 1.54) is 16.7 Å². The van der Waals surface area contributed by atoms with E-state index in [4.69, 9.17) is 11.6 Å². The summed E-state index contributed by atoms with van der Waals surface area (Å²) in [4.78, 5) is 7.59. The lowest BCUT2D eigenvalue weighted by molar-refractivity contribution is -0.137. The van der Waals surface area contributed by atoms with E-state index in [0.29, 0.717) is 5.65 Å². The average Bonchev–Trinajstić information content (AvgIpc) is 2.83. The number of aromatic nitrogens is 5. The Morgan fingerprint density at radius 1 is 1.10 bits per heavy atom. The molecule has 0 aliphatic heterocycles. The molecule has 3 rings (SSSR count). The Hall–Kier alpha value is -2.22. The van der Waals surface area contributed by atoms with Gasteiger partial charge in [0, 0.05) is 18.6 Å². The summed E-state index contributed by atoms with van der Waals surface area (Å²) in [6.45, 7) is 0. The van der Waals surface area contributed by atoms with Crippen molar-refractivity contribution in [3.05, 3.63) is 41.4 Å². The summed E-state index contributed by atoms with van der Waals surface area (Å²) in [6.07, 6.45) is -0.687. The summed E-state index contributed by atoms with van der Waals surface area (Å²) in [5, 5.41) is 7.84. The molecular weight excluding hydrogens is 295 g/mol. The second-order valence-corrected chi connectivity index (χ2v) is 4.22. The molecule has 0 spiro atoms. The lowest BCUT2D eigenvalue weighted by Crippen LogP contribution is -2.05. The zero-order valence-electron chi connectivity index (χ0n) is 9.63. The molecule has 0 amide bonds. The van der Waals surface area contributed by atoms with Crippen LogP contribution in [0.25, 0.3) is 17.2 Å². The van der Waals surface area contributed by atoms with Crippen molar-refractivity contribution in [1.29, 1.82) is 0 Å². The molecular formula is C11H5ClF3N5. The summed E-state index contributed by atoms with van der Waals surface area (Å²) in [5.41, 5.74) is -0.256. The van der Waals surface area contributed by atoms with Gasteiger partial charge in [-0.2, -0.15) is 13.2 Å². The number of pyridine rings is 1. The SMILES string of the molecule is FC(F)(F)c1ccc(-c2nnc3c(Cl)nccn23)nc1. The highest BCUT2D eigenvalue weighted by atomic mass is 35.5. The molecule has 3 aromatic heterocycles. The van der Waals surface area contributed by atoms with Crippen LogP contribution in [0.3, 0.4) is 0 Å². The monoisotopic (exact) mass is 299 g/mol. The lowest BCUT2D eigenvalue weighted by Gasteiger charge is -2.06. The molecule has 5 nitrogen and oxygen atoms in total. The Bertz CT molecular complexity index is 766. The summed E-state index contributed by atoms with van der Waals surface area (Å²) >= 11 is 5.84. The van der Waals surface area contributed by atoms with E-state index in [1.807, 2.05) is 0 Å². The van der Waals surface area contributed by atoms with Crippen LogP contribution in [0.1, 0.15) is 5.56 Å². The van der Waals surface area contributed by atoms with E-state index in [1.54, 1.807) is 6.20 Å². The van der Waals surface area contributed by atoms with E-state index in [0.717, 1.165) is 12.3 Å². The second-order valence-electron chi connectivity index (χ2n) is 3.87. The topological polar surface area (TPSA) is 56.0 Å². The van der Waals surface area contributed by atoms with Gasteiger partial charge in [0.1, 0.15) is 5.69 Å². The van der Waals surface area contributed by atoms with E-state index in [9.17, 15) is 13.2 Å². The Morgan fingerprint density at radius 2 is 1.90 bits per heavy atom. The molecule has 0 radical (unpaired) electrons. The van der Waals surface area contributed by atoms with Crippen molar-refractivity contribution in [2.24, 2.45) is 0 Å². The molecule has 0 fully saturated rings. The maximum Gasteiger partial charge on any atom is 0.417 e. The highest BCUT2D eigenvalue weighted by molar-refractivity contribution is 6.32. The standard InChI is InChI=1S/C11H5ClF3N5/c12-8-10-19-18-9(20(10)4-3-16-8)7-2-1-6(5-17-7)11(13,14)15/h1-5H. The van der Waals surface area contributed by atoms with Gasteiger partial charge in [0.15, 0.2) is 16.6 Å². The van der Waals surface area contributed by atoms with Crippen molar-refractivity contribution in [2.75, 3.05) is 0 Å². The highest BCUT2D eigenvalue weighted by Crippen LogP contribution is 2.29. The Morgan fingerprint density at radius 3 is 2.55 bits per heavy atom. The van der Waals surface area contributed by atoms with Gasteiger partial charge >= 0.3 is 6.18 Å². The summed E-state index contributed by atoms with van der Waals surface area (Å²) in [6, 6.07) is 2.17. The number of nitrogens with zero attached hydrogens (tertiary/aromatic N) is 5. The number of hydrogen-bond acceptors (Lipinski definition) is 4. The van der Waals surface area contributed by atoms with Crippen molar-refractivity contribution in [3.8, 4) is 11.5 Å². The second kappa shape index (κ2) is 4.41. The van der Waals surface area contributed by atoms with Crippen molar-refractivity contribution < 1.29 is 13.2 Å². The Labute approximate surface area is 115 Å². The summed E-state index contributed by atoms with van der Waals surface area (Å²) in [5.74, 6) is 0.290. The maximum atomic E-state index is 12.5. The third-order valence-electron chi connectivity index (χ3n) is 2.60. The van der Waals surface area contributed by atoms with Crippen molar-refractivity contribution in [1.82, 2.24) is 24.6 Å². The van der Waals surface area contributed by atoms with Gasteiger partial charge in [0.05, 0.1) is 5.56 Å². The molecule has 9 heteroatoms. The van der Waals surface area contributed by atoms with Crippen LogP contribution >= 0.6 is 11.6 Å². The fourth-order valence-electron chi connectivity index (χ4n) is 1.66. The van der Waals surface area contributed by atoms with Crippen LogP contribution in [0, 0.1) is 0 Å². The molecule has 0 aromatic carbocycles. The number of fused-ring (bicyclic) bond motifs is 1. The normalized spacial score (nSPS) is 12.0. The van der Waals surface area contributed by atoms with Gasteiger partial charge in [-0.3, -0.25) is 9.38 Å². The lowest BCUT2D eigenvalue weighted by atomic mass is 10.2. The molecule has 0 aliphatic rings. The van der Waals surface area contributed by atoms with Crippen LogP contribution in [0.5, 0.6) is 0 Å². The molecule has 0 saturated carbocycles. The molecule has 0 N–H and O–H groups in total. The number of rotatable bonds is 1. The van der Waals surface area contributed by atoms with Crippen molar-refractivity contribution >= 4 is 17.2 Å². The Kier molecular flexibility index (Phi) is 2.82. The minimum Gasteiger partial charge on any atom is -0.277 e. The highest BCUT2D eigenvalue weighted by Gasteiger charge is 2.30. The van der Waals surface area contributed by atoms with Crippen LogP contribution in [0.4, 0.5) is 13.2 Å². The first-order valence-corrected chi connectivity index (χ1v) is 5.73. The van der Waals surface area contributed by atoms with Gasteiger partial charge < -0.3 is 0 Å². The van der Waals surface area contributed by atoms with E-state index < -0.39 is 11.7 Å². The summed E-state index contributed by atoms with van der Waals surface area (Å²) < 4.78 is 38.9. The molecule has 3 heterocycles. The molecule has 0 unspecified atom stereocenters. The van der Waals surface area contributed by atoms with Gasteiger partial charge in [-0.1, -0.05) is 11.6 Å². The largest absolute Gasteiger partial charge is 0.417 e. The van der Waals surface area contributed by atoms with Crippen LogP contribution in [0.15, 0.2) is 30.7 Å². The first kappa shape index (κ1) is 12.8. The van der Waals surface area contributed by atoms with Crippen LogP contribution in [-0.2, 0) is 6.18 Å². The first-order valence-electron chi connectivity index (χ1n) is 5.35. The van der Waals surface area contributed by atoms with Gasteiger partial charge in [-0.25, -0.2) is 4.98 Å². The smallest absolute Gasteiger partial charge is 0.277 e. The van der Waals surface area contributed by atoms with Gasteiger partial charge in [0.2, 0.25) is 0 Å².